The Balaban J connectivity index is 1.85. The molecule has 0 aromatic heterocycles. The van der Waals surface area contributed by atoms with Gasteiger partial charge in [0.2, 0.25) is 5.91 Å². The van der Waals surface area contributed by atoms with Gasteiger partial charge in [-0.15, -0.1) is 0 Å². The molecule has 2 aromatic rings. The van der Waals surface area contributed by atoms with Crippen molar-refractivity contribution < 1.29 is 9.59 Å². The second-order valence-corrected chi connectivity index (χ2v) is 6.36. The minimum Gasteiger partial charge on any atom is -0.322 e. The molecular weight excluding hydrogens is 391 g/mol. The van der Waals surface area contributed by atoms with E-state index in [0.29, 0.717) is 17.8 Å². The first kappa shape index (κ1) is 15.0. The molecule has 0 spiro atoms. The second-order valence-electron chi connectivity index (χ2n) is 5.20. The van der Waals surface area contributed by atoms with Crippen LogP contribution in [-0.2, 0) is 11.2 Å². The fraction of sp³-hybridized carbons (Fsp3) is 0.176. The van der Waals surface area contributed by atoms with E-state index < -0.39 is 0 Å². The van der Waals surface area contributed by atoms with Gasteiger partial charge in [0, 0.05) is 28.4 Å². The summed E-state index contributed by atoms with van der Waals surface area (Å²) in [5.41, 5.74) is 3.39. The Hall–Kier alpha value is -1.89. The molecule has 0 unspecified atom stereocenters. The number of nitrogens with zero attached hydrogens (tertiary/aromatic N) is 1. The van der Waals surface area contributed by atoms with Crippen LogP contribution >= 0.6 is 22.6 Å². The summed E-state index contributed by atoms with van der Waals surface area (Å²) >= 11 is 2.15. The van der Waals surface area contributed by atoms with E-state index in [4.69, 9.17) is 0 Å². The topological polar surface area (TPSA) is 49.4 Å². The lowest BCUT2D eigenvalue weighted by molar-refractivity contribution is -0.116. The number of halogens is 1. The average Bonchev–Trinajstić information content (AvgIpc) is 2.91. The van der Waals surface area contributed by atoms with Crippen molar-refractivity contribution in [3.63, 3.8) is 0 Å². The molecule has 112 valence electrons. The fourth-order valence-electron chi connectivity index (χ4n) is 2.63. The van der Waals surface area contributed by atoms with E-state index in [9.17, 15) is 9.59 Å². The molecule has 0 fully saturated rings. The molecule has 1 aliphatic heterocycles. The van der Waals surface area contributed by atoms with Crippen LogP contribution in [0.5, 0.6) is 0 Å². The summed E-state index contributed by atoms with van der Waals surface area (Å²) in [6, 6.07) is 13.2. The minimum atomic E-state index is -0.141. The first-order chi connectivity index (χ1) is 10.6. The van der Waals surface area contributed by atoms with E-state index in [0.717, 1.165) is 21.2 Å². The summed E-state index contributed by atoms with van der Waals surface area (Å²) in [4.78, 5) is 25.7. The Labute approximate surface area is 142 Å². The number of hydrogen-bond acceptors (Lipinski definition) is 2. The highest BCUT2D eigenvalue weighted by Crippen LogP contribution is 2.31. The Morgan fingerprint density at radius 1 is 1.18 bits per heavy atom. The van der Waals surface area contributed by atoms with Crippen LogP contribution in [0.15, 0.2) is 42.5 Å². The fourth-order valence-corrected chi connectivity index (χ4v) is 3.26. The molecule has 4 nitrogen and oxygen atoms in total. The Kier molecular flexibility index (Phi) is 4.15. The Morgan fingerprint density at radius 2 is 1.95 bits per heavy atom. The summed E-state index contributed by atoms with van der Waals surface area (Å²) in [6.07, 6.45) is 0.861. The molecule has 1 heterocycles. The zero-order valence-corrected chi connectivity index (χ0v) is 14.3. The van der Waals surface area contributed by atoms with Crippen molar-refractivity contribution in [3.05, 3.63) is 57.2 Å². The van der Waals surface area contributed by atoms with E-state index >= 15 is 0 Å². The lowest BCUT2D eigenvalue weighted by Gasteiger charge is -2.16. The number of carbonyl (C=O) groups is 2. The van der Waals surface area contributed by atoms with Crippen LogP contribution in [0.3, 0.4) is 0 Å². The maximum Gasteiger partial charge on any atom is 0.256 e. The van der Waals surface area contributed by atoms with Gasteiger partial charge < -0.3 is 10.2 Å². The summed E-state index contributed by atoms with van der Waals surface area (Å²) in [5.74, 6) is -0.114. The number of amides is 2. The molecule has 0 bridgehead atoms. The molecule has 0 aliphatic carbocycles. The SMILES string of the molecule is CC(=O)N1CCc2ccc(NC(=O)c3ccccc3I)cc21. The molecule has 0 atom stereocenters. The number of rotatable bonds is 2. The summed E-state index contributed by atoms with van der Waals surface area (Å²) in [5, 5.41) is 2.91. The number of benzene rings is 2. The normalized spacial score (nSPS) is 12.9. The lowest BCUT2D eigenvalue weighted by Crippen LogP contribution is -2.25. The van der Waals surface area contributed by atoms with Crippen LogP contribution in [0.2, 0.25) is 0 Å². The van der Waals surface area contributed by atoms with Gasteiger partial charge in [-0.3, -0.25) is 9.59 Å². The molecular formula is C17H15IN2O2. The van der Waals surface area contributed by atoms with Gasteiger partial charge in [-0.05, 0) is 58.8 Å². The van der Waals surface area contributed by atoms with Crippen molar-refractivity contribution in [2.24, 2.45) is 0 Å². The summed E-state index contributed by atoms with van der Waals surface area (Å²) < 4.78 is 0.907. The highest BCUT2D eigenvalue weighted by atomic mass is 127. The third kappa shape index (κ3) is 2.85. The smallest absolute Gasteiger partial charge is 0.256 e. The van der Waals surface area contributed by atoms with Gasteiger partial charge in [-0.2, -0.15) is 0 Å². The van der Waals surface area contributed by atoms with Crippen LogP contribution < -0.4 is 10.2 Å². The van der Waals surface area contributed by atoms with Gasteiger partial charge in [0.05, 0.1) is 5.56 Å². The monoisotopic (exact) mass is 406 g/mol. The number of nitrogens with one attached hydrogen (secondary N) is 1. The quantitative estimate of drug-likeness (QED) is 0.777. The van der Waals surface area contributed by atoms with Gasteiger partial charge >= 0.3 is 0 Å². The van der Waals surface area contributed by atoms with Gasteiger partial charge in [0.15, 0.2) is 0 Å². The van der Waals surface area contributed by atoms with E-state index in [1.807, 2.05) is 36.4 Å². The van der Waals surface area contributed by atoms with Crippen molar-refractivity contribution in [1.29, 1.82) is 0 Å². The maximum absolute atomic E-state index is 12.4. The third-order valence-corrected chi connectivity index (χ3v) is 4.68. The molecule has 1 aliphatic rings. The van der Waals surface area contributed by atoms with E-state index in [1.54, 1.807) is 17.9 Å². The largest absolute Gasteiger partial charge is 0.322 e. The first-order valence-electron chi connectivity index (χ1n) is 7.03. The van der Waals surface area contributed by atoms with Crippen LogP contribution in [0.1, 0.15) is 22.8 Å². The van der Waals surface area contributed by atoms with E-state index in [1.165, 1.54) is 0 Å². The molecule has 5 heteroatoms. The number of carbonyl (C=O) groups excluding carboxylic acids is 2. The van der Waals surface area contributed by atoms with Gasteiger partial charge in [-0.25, -0.2) is 0 Å². The molecule has 2 aromatic carbocycles. The zero-order chi connectivity index (χ0) is 15.7. The van der Waals surface area contributed by atoms with E-state index in [-0.39, 0.29) is 11.8 Å². The predicted octanol–water partition coefficient (Wildman–Crippen LogP) is 3.45. The Morgan fingerprint density at radius 3 is 2.68 bits per heavy atom. The van der Waals surface area contributed by atoms with Gasteiger partial charge in [0.1, 0.15) is 0 Å². The highest BCUT2D eigenvalue weighted by molar-refractivity contribution is 14.1. The summed E-state index contributed by atoms with van der Waals surface area (Å²) in [7, 11) is 0. The van der Waals surface area contributed by atoms with E-state index in [2.05, 4.69) is 27.9 Å². The first-order valence-corrected chi connectivity index (χ1v) is 8.11. The number of anilines is 2. The van der Waals surface area contributed by atoms with Crippen LogP contribution in [-0.4, -0.2) is 18.4 Å². The molecule has 0 radical (unpaired) electrons. The van der Waals surface area contributed by atoms with Crippen molar-refractivity contribution in [1.82, 2.24) is 0 Å². The third-order valence-electron chi connectivity index (χ3n) is 3.74. The molecule has 1 N–H and O–H groups in total. The maximum atomic E-state index is 12.4. The molecule has 2 amide bonds. The van der Waals surface area contributed by atoms with Crippen LogP contribution in [0.25, 0.3) is 0 Å². The Bertz CT molecular complexity index is 758. The average molecular weight is 406 g/mol. The highest BCUT2D eigenvalue weighted by Gasteiger charge is 2.22. The zero-order valence-electron chi connectivity index (χ0n) is 12.1. The molecule has 0 saturated carbocycles. The van der Waals surface area contributed by atoms with Crippen LogP contribution in [0.4, 0.5) is 11.4 Å². The summed E-state index contributed by atoms with van der Waals surface area (Å²) in [6.45, 7) is 2.27. The van der Waals surface area contributed by atoms with Crippen molar-refractivity contribution in [2.75, 3.05) is 16.8 Å². The van der Waals surface area contributed by atoms with Crippen molar-refractivity contribution in [2.45, 2.75) is 13.3 Å². The molecule has 22 heavy (non-hydrogen) atoms. The number of hydrogen-bond donors (Lipinski definition) is 1. The van der Waals surface area contributed by atoms with Crippen LogP contribution in [0, 0.1) is 3.57 Å². The minimum absolute atomic E-state index is 0.0276. The lowest BCUT2D eigenvalue weighted by atomic mass is 10.1. The van der Waals surface area contributed by atoms with Crippen molar-refractivity contribution >= 4 is 45.8 Å². The second kappa shape index (κ2) is 6.08. The predicted molar refractivity (Wildman–Crippen MR) is 95.3 cm³/mol. The molecule has 3 rings (SSSR count). The van der Waals surface area contributed by atoms with Gasteiger partial charge in [-0.1, -0.05) is 18.2 Å². The van der Waals surface area contributed by atoms with Gasteiger partial charge in [0.25, 0.3) is 5.91 Å². The standard InChI is InChI=1S/C17H15IN2O2/c1-11(21)20-9-8-12-6-7-13(10-16(12)20)19-17(22)14-4-2-3-5-15(14)18/h2-7,10H,8-9H2,1H3,(H,19,22). The van der Waals surface area contributed by atoms with Crippen molar-refractivity contribution in [3.8, 4) is 0 Å². The number of fused-ring (bicyclic) bond motifs is 1. The molecule has 0 saturated heterocycles.